The summed E-state index contributed by atoms with van der Waals surface area (Å²) < 4.78 is 0. The van der Waals surface area contributed by atoms with Crippen LogP contribution >= 0.6 is 0 Å². The highest BCUT2D eigenvalue weighted by molar-refractivity contribution is 5.98. The number of nitrogens with zero attached hydrogens (tertiary/aromatic N) is 1. The monoisotopic (exact) mass is 1050 g/mol. The molecule has 1 aromatic carbocycles. The number of aliphatic carboxylic acids is 3. The Morgan fingerprint density at radius 1 is 0.595 bits per heavy atom. The molecule has 1 aromatic rings. The van der Waals surface area contributed by atoms with E-state index in [1.807, 2.05) is 0 Å². The molecule has 0 bridgehead atoms. The number of likely N-dealkylation sites (tertiary alicyclic amines) is 1. The highest BCUT2D eigenvalue weighted by Gasteiger charge is 2.41. The van der Waals surface area contributed by atoms with E-state index in [2.05, 4.69) is 37.2 Å². The van der Waals surface area contributed by atoms with Crippen molar-refractivity contribution < 1.29 is 73.2 Å². The molecule has 1 heterocycles. The Bertz CT molecular complexity index is 2080. The van der Waals surface area contributed by atoms with E-state index < -0.39 is 157 Å². The predicted octanol–water partition coefficient (Wildman–Crippen LogP) is -3.07. The van der Waals surface area contributed by atoms with E-state index in [0.29, 0.717) is 37.7 Å². The fourth-order valence-electron chi connectivity index (χ4n) is 7.98. The van der Waals surface area contributed by atoms with Crippen LogP contribution in [0.1, 0.15) is 104 Å². The Morgan fingerprint density at radius 3 is 1.57 bits per heavy atom. The van der Waals surface area contributed by atoms with Crippen LogP contribution in [-0.4, -0.2) is 171 Å². The number of nitrogens with one attached hydrogen (secondary N) is 7. The maximum atomic E-state index is 14.4. The fourth-order valence-corrected chi connectivity index (χ4v) is 7.98. The van der Waals surface area contributed by atoms with Gasteiger partial charge in [0.1, 0.15) is 48.3 Å². The Morgan fingerprint density at radius 2 is 1.08 bits per heavy atom. The molecule has 17 N–H and O–H groups in total. The molecule has 0 radical (unpaired) electrons. The van der Waals surface area contributed by atoms with Crippen LogP contribution in [0.4, 0.5) is 0 Å². The number of carbonyl (C=O) groups excluding carboxylic acids is 8. The van der Waals surface area contributed by atoms with Crippen LogP contribution in [0.5, 0.6) is 0 Å². The lowest BCUT2D eigenvalue weighted by Gasteiger charge is -2.33. The first-order valence-electron chi connectivity index (χ1n) is 24.9. The molecule has 0 saturated carbocycles. The van der Waals surface area contributed by atoms with Crippen LogP contribution in [0.2, 0.25) is 0 Å². The number of amides is 8. The summed E-state index contributed by atoms with van der Waals surface area (Å²) in [5.74, 6) is -12.1. The van der Waals surface area contributed by atoms with Gasteiger partial charge >= 0.3 is 17.9 Å². The van der Waals surface area contributed by atoms with Crippen molar-refractivity contribution in [2.45, 2.75) is 159 Å². The minimum Gasteiger partial charge on any atom is -0.481 e. The normalized spacial score (nSPS) is 16.5. The first kappa shape index (κ1) is 63.3. The second kappa shape index (κ2) is 32.4. The van der Waals surface area contributed by atoms with Gasteiger partial charge in [-0.2, -0.15) is 0 Å². The maximum absolute atomic E-state index is 14.4. The number of carbonyl (C=O) groups is 11. The maximum Gasteiger partial charge on any atom is 0.328 e. The Labute approximate surface area is 429 Å². The number of benzene rings is 1. The zero-order valence-corrected chi connectivity index (χ0v) is 42.5. The minimum atomic E-state index is -1.75. The van der Waals surface area contributed by atoms with Crippen molar-refractivity contribution in [3.63, 3.8) is 0 Å². The molecule has 0 unspecified atom stereocenters. The van der Waals surface area contributed by atoms with Gasteiger partial charge in [-0.05, 0) is 88.3 Å². The zero-order valence-electron chi connectivity index (χ0n) is 42.5. The van der Waals surface area contributed by atoms with Crippen molar-refractivity contribution >= 4 is 65.2 Å². The molecule has 1 aliphatic heterocycles. The molecule has 414 valence electrons. The van der Waals surface area contributed by atoms with Crippen LogP contribution in [0.3, 0.4) is 0 Å². The zero-order chi connectivity index (χ0) is 55.7. The molecule has 0 aromatic heterocycles. The van der Waals surface area contributed by atoms with E-state index in [9.17, 15) is 68.1 Å². The smallest absolute Gasteiger partial charge is 0.328 e. The predicted molar refractivity (Wildman–Crippen MR) is 266 cm³/mol. The lowest BCUT2D eigenvalue weighted by atomic mass is 9.98. The molecule has 0 aliphatic carbocycles. The number of carboxylic acids is 3. The van der Waals surface area contributed by atoms with Crippen LogP contribution < -0.4 is 54.4 Å². The van der Waals surface area contributed by atoms with E-state index in [-0.39, 0.29) is 45.3 Å². The first-order valence-corrected chi connectivity index (χ1v) is 24.9. The molecule has 8 amide bonds. The highest BCUT2D eigenvalue weighted by Crippen LogP contribution is 2.22. The third-order valence-electron chi connectivity index (χ3n) is 12.2. The Kier molecular flexibility index (Phi) is 27.8. The Hall–Kier alpha value is -6.77. The molecular weight excluding hydrogens is 971 g/mol. The molecule has 2 rings (SSSR count). The van der Waals surface area contributed by atoms with Gasteiger partial charge in [-0.3, -0.25) is 47.9 Å². The topological polar surface area (TPSA) is 434 Å². The quantitative estimate of drug-likeness (QED) is 0.0305. The average molecular weight is 1050 g/mol. The van der Waals surface area contributed by atoms with E-state index >= 15 is 0 Å². The van der Waals surface area contributed by atoms with Crippen LogP contribution in [0.15, 0.2) is 30.3 Å². The summed E-state index contributed by atoms with van der Waals surface area (Å²) in [5, 5.41) is 54.9. The number of hydrogen-bond donors (Lipinski definition) is 14. The molecule has 74 heavy (non-hydrogen) atoms. The summed E-state index contributed by atoms with van der Waals surface area (Å²) in [7, 11) is 0. The van der Waals surface area contributed by atoms with Gasteiger partial charge in [0.05, 0.1) is 19.1 Å². The van der Waals surface area contributed by atoms with Crippen molar-refractivity contribution in [3.8, 4) is 0 Å². The minimum absolute atomic E-state index is 0.0517. The number of aliphatic hydroxyl groups excluding tert-OH is 1. The van der Waals surface area contributed by atoms with Crippen molar-refractivity contribution in [1.82, 2.24) is 42.1 Å². The number of hydrogen-bond acceptors (Lipinski definition) is 15. The molecule has 1 aliphatic rings. The summed E-state index contributed by atoms with van der Waals surface area (Å²) in [6.45, 7) is 6.16. The molecule has 26 nitrogen and oxygen atoms in total. The number of carboxylic acid groups (broad SMARTS) is 3. The van der Waals surface area contributed by atoms with Gasteiger partial charge in [0, 0.05) is 19.4 Å². The van der Waals surface area contributed by atoms with Gasteiger partial charge in [0.2, 0.25) is 47.3 Å². The van der Waals surface area contributed by atoms with Gasteiger partial charge < -0.3 is 79.7 Å². The van der Waals surface area contributed by atoms with Gasteiger partial charge in [-0.15, -0.1) is 0 Å². The van der Waals surface area contributed by atoms with Gasteiger partial charge in [-0.1, -0.05) is 58.0 Å². The molecule has 1 fully saturated rings. The summed E-state index contributed by atoms with van der Waals surface area (Å²) in [6, 6.07) is -3.80. The summed E-state index contributed by atoms with van der Waals surface area (Å²) >= 11 is 0. The number of aliphatic hydroxyl groups is 1. The van der Waals surface area contributed by atoms with Crippen LogP contribution in [0.25, 0.3) is 0 Å². The van der Waals surface area contributed by atoms with Crippen molar-refractivity contribution in [3.05, 3.63) is 35.9 Å². The lowest BCUT2D eigenvalue weighted by Crippen LogP contribution is -2.62. The number of unbranched alkanes of at least 4 members (excludes halogenated alkanes) is 2. The van der Waals surface area contributed by atoms with Crippen molar-refractivity contribution in [2.75, 3.05) is 26.2 Å². The first-order chi connectivity index (χ1) is 34.9. The average Bonchev–Trinajstić information content (AvgIpc) is 3.84. The van der Waals surface area contributed by atoms with Gasteiger partial charge in [0.15, 0.2) is 0 Å². The lowest BCUT2D eigenvalue weighted by molar-refractivity contribution is -0.145. The number of rotatable bonds is 34. The Balaban J connectivity index is 2.41. The van der Waals surface area contributed by atoms with E-state index in [0.717, 1.165) is 0 Å². The summed E-state index contributed by atoms with van der Waals surface area (Å²) in [5.41, 5.74) is 17.8. The third kappa shape index (κ3) is 21.4. The summed E-state index contributed by atoms with van der Waals surface area (Å²) in [4.78, 5) is 146. The van der Waals surface area contributed by atoms with Crippen molar-refractivity contribution in [1.29, 1.82) is 0 Å². The second-order valence-electron chi connectivity index (χ2n) is 18.9. The van der Waals surface area contributed by atoms with E-state index in [1.54, 1.807) is 58.0 Å². The SMILES string of the molecule is CC(C)[C@H](NC(=O)[C@H](Cc1ccccc1)NC(=O)[C@H](CCCCN)NC(=O)[C@H](CCCCN)NC(=O)[C@@H](N)CC(=O)O)C(=O)N[C@H](C(=O)N1CCC[C@H]1C(=O)N[C@@H](CCC(=O)O)C(=O)N[C@@H](CO)C(=O)O)C(C)C. The molecule has 9 atom stereocenters. The largest absolute Gasteiger partial charge is 0.481 e. The number of nitrogens with two attached hydrogens (primary N) is 3. The van der Waals surface area contributed by atoms with Crippen LogP contribution in [-0.2, 0) is 59.2 Å². The molecule has 26 heteroatoms. The fraction of sp³-hybridized carbons (Fsp3) is 0.646. The standard InChI is InChI=1S/C48H77N11O15/c1-26(2)38(46(71)58-39(27(3)4)47(72)59-22-12-17-35(59)45(70)54-32(18-19-36(61)62)43(68)56-34(25-60)48(73)74)57-44(69)33(23-28-13-6-5-7-14-28)55-42(67)31(16-9-11-21-50)53-41(66)30(15-8-10-20-49)52-40(65)29(51)24-37(63)64/h5-7,13-14,26-27,29-35,38-39,60H,8-12,15-25,49-51H2,1-4H3,(H,52,65)(H,53,66)(H,54,70)(H,55,67)(H,56,68)(H,57,69)(H,58,71)(H,61,62)(H,63,64)(H,73,74)/t29-,30-,31-,32-,33-,34-,35-,38-,39-/m0/s1. The molecule has 1 saturated heterocycles. The van der Waals surface area contributed by atoms with Crippen molar-refractivity contribution in [2.24, 2.45) is 29.0 Å². The highest BCUT2D eigenvalue weighted by atomic mass is 16.4. The molecular formula is C48H77N11O15. The third-order valence-corrected chi connectivity index (χ3v) is 12.2. The molecule has 0 spiro atoms. The van der Waals surface area contributed by atoms with E-state index in [4.69, 9.17) is 22.3 Å². The summed E-state index contributed by atoms with van der Waals surface area (Å²) in [6.07, 6.45) is 0.406. The van der Waals surface area contributed by atoms with Gasteiger partial charge in [0.25, 0.3) is 0 Å². The second-order valence-corrected chi connectivity index (χ2v) is 18.9. The van der Waals surface area contributed by atoms with E-state index in [1.165, 1.54) is 4.90 Å². The van der Waals surface area contributed by atoms with Gasteiger partial charge in [-0.25, -0.2) is 4.79 Å². The van der Waals surface area contributed by atoms with Crippen LogP contribution in [0, 0.1) is 11.8 Å².